The minimum atomic E-state index is -1.05. The molecule has 1 atom stereocenters. The summed E-state index contributed by atoms with van der Waals surface area (Å²) in [4.78, 5) is 31.3. The van der Waals surface area contributed by atoms with Crippen LogP contribution in [-0.2, 0) is 22.4 Å². The lowest BCUT2D eigenvalue weighted by Crippen LogP contribution is -2.42. The number of hydrogen-bond acceptors (Lipinski definition) is 5. The number of rotatable bonds is 9. The SMILES string of the molecule is O=C(CCCc1nc(C2CC2)no1)NC(Cc1c[nH]c2ccccc12)C(=O)O. The van der Waals surface area contributed by atoms with E-state index in [1.54, 1.807) is 6.20 Å². The molecule has 0 bridgehead atoms. The van der Waals surface area contributed by atoms with Gasteiger partial charge in [0.1, 0.15) is 6.04 Å². The third-order valence-electron chi connectivity index (χ3n) is 4.95. The Kier molecular flexibility index (Phi) is 5.10. The molecule has 1 amide bonds. The molecular weight excluding hydrogens is 360 g/mol. The molecule has 1 saturated carbocycles. The molecule has 4 rings (SSSR count). The molecule has 0 saturated heterocycles. The van der Waals surface area contributed by atoms with Crippen LogP contribution in [0.15, 0.2) is 35.0 Å². The van der Waals surface area contributed by atoms with Crippen LogP contribution >= 0.6 is 0 Å². The Balaban J connectivity index is 1.29. The molecule has 1 aromatic carbocycles. The molecule has 146 valence electrons. The summed E-state index contributed by atoms with van der Waals surface area (Å²) in [6.45, 7) is 0. The lowest BCUT2D eigenvalue weighted by Gasteiger charge is -2.14. The fourth-order valence-corrected chi connectivity index (χ4v) is 3.26. The second-order valence-corrected chi connectivity index (χ2v) is 7.20. The summed E-state index contributed by atoms with van der Waals surface area (Å²) >= 11 is 0. The highest BCUT2D eigenvalue weighted by Crippen LogP contribution is 2.38. The van der Waals surface area contributed by atoms with Crippen molar-refractivity contribution in [1.29, 1.82) is 0 Å². The molecule has 0 aliphatic heterocycles. The van der Waals surface area contributed by atoms with Crippen LogP contribution in [0.2, 0.25) is 0 Å². The fraction of sp³-hybridized carbons (Fsp3) is 0.400. The highest BCUT2D eigenvalue weighted by atomic mass is 16.5. The van der Waals surface area contributed by atoms with Gasteiger partial charge in [-0.3, -0.25) is 4.79 Å². The Morgan fingerprint density at radius 1 is 1.32 bits per heavy atom. The zero-order chi connectivity index (χ0) is 19.5. The monoisotopic (exact) mass is 382 g/mol. The van der Waals surface area contributed by atoms with Gasteiger partial charge in [-0.25, -0.2) is 4.79 Å². The number of nitrogens with zero attached hydrogens (tertiary/aromatic N) is 2. The van der Waals surface area contributed by atoms with Crippen molar-refractivity contribution in [3.05, 3.63) is 47.7 Å². The highest BCUT2D eigenvalue weighted by molar-refractivity contribution is 5.86. The van der Waals surface area contributed by atoms with Crippen molar-refractivity contribution >= 4 is 22.8 Å². The van der Waals surface area contributed by atoms with Crippen LogP contribution in [0.4, 0.5) is 0 Å². The first-order chi connectivity index (χ1) is 13.6. The first-order valence-electron chi connectivity index (χ1n) is 9.50. The van der Waals surface area contributed by atoms with E-state index in [0.717, 1.165) is 35.1 Å². The van der Waals surface area contributed by atoms with E-state index in [1.807, 2.05) is 24.3 Å². The number of benzene rings is 1. The number of aromatic amines is 1. The summed E-state index contributed by atoms with van der Waals surface area (Å²) in [6, 6.07) is 6.70. The van der Waals surface area contributed by atoms with Crippen LogP contribution in [0.5, 0.6) is 0 Å². The number of amides is 1. The van der Waals surface area contributed by atoms with E-state index in [0.29, 0.717) is 24.7 Å². The molecule has 0 radical (unpaired) electrons. The summed E-state index contributed by atoms with van der Waals surface area (Å²) in [5.74, 6) is 0.368. The average molecular weight is 382 g/mol. The van der Waals surface area contributed by atoms with Crippen molar-refractivity contribution in [2.45, 2.75) is 50.5 Å². The number of para-hydroxylation sites is 1. The van der Waals surface area contributed by atoms with Gasteiger partial charge in [-0.05, 0) is 30.9 Å². The molecule has 1 fully saturated rings. The zero-order valence-electron chi connectivity index (χ0n) is 15.4. The van der Waals surface area contributed by atoms with Gasteiger partial charge < -0.3 is 19.9 Å². The Morgan fingerprint density at radius 3 is 2.93 bits per heavy atom. The zero-order valence-corrected chi connectivity index (χ0v) is 15.4. The maximum absolute atomic E-state index is 12.2. The minimum absolute atomic E-state index is 0.207. The lowest BCUT2D eigenvalue weighted by atomic mass is 10.0. The van der Waals surface area contributed by atoms with E-state index in [-0.39, 0.29) is 18.7 Å². The Morgan fingerprint density at radius 2 is 2.14 bits per heavy atom. The van der Waals surface area contributed by atoms with Crippen LogP contribution < -0.4 is 5.32 Å². The number of fused-ring (bicyclic) bond motifs is 1. The molecule has 0 spiro atoms. The summed E-state index contributed by atoms with van der Waals surface area (Å²) in [5.41, 5.74) is 1.81. The van der Waals surface area contributed by atoms with Crippen molar-refractivity contribution in [3.63, 3.8) is 0 Å². The van der Waals surface area contributed by atoms with E-state index in [1.165, 1.54) is 0 Å². The third kappa shape index (κ3) is 4.21. The van der Waals surface area contributed by atoms with Gasteiger partial charge >= 0.3 is 5.97 Å². The second-order valence-electron chi connectivity index (χ2n) is 7.20. The summed E-state index contributed by atoms with van der Waals surface area (Å²) in [7, 11) is 0. The Labute approximate surface area is 161 Å². The largest absolute Gasteiger partial charge is 0.480 e. The van der Waals surface area contributed by atoms with Crippen molar-refractivity contribution in [2.24, 2.45) is 0 Å². The van der Waals surface area contributed by atoms with Gasteiger partial charge in [-0.1, -0.05) is 23.4 Å². The van der Waals surface area contributed by atoms with Crippen molar-refractivity contribution in [1.82, 2.24) is 20.4 Å². The molecular formula is C20H22N4O4. The molecule has 8 nitrogen and oxygen atoms in total. The molecule has 2 aromatic heterocycles. The smallest absolute Gasteiger partial charge is 0.326 e. The van der Waals surface area contributed by atoms with E-state index < -0.39 is 12.0 Å². The molecule has 1 aliphatic rings. The van der Waals surface area contributed by atoms with E-state index in [2.05, 4.69) is 20.4 Å². The standard InChI is InChI=1S/C20H22N4O4/c25-17(6-3-7-18-23-19(24-28-18)12-8-9-12)22-16(20(26)27)10-13-11-21-15-5-2-1-4-14(13)15/h1-2,4-5,11-12,16,21H,3,6-10H2,(H,22,25)(H,26,27). The highest BCUT2D eigenvalue weighted by Gasteiger charge is 2.28. The Hall–Kier alpha value is -3.16. The molecule has 1 unspecified atom stereocenters. The number of aromatic nitrogens is 3. The van der Waals surface area contributed by atoms with Crippen molar-refractivity contribution in [3.8, 4) is 0 Å². The third-order valence-corrected chi connectivity index (χ3v) is 4.95. The number of carbonyl (C=O) groups is 2. The average Bonchev–Trinajstić information content (AvgIpc) is 3.29. The van der Waals surface area contributed by atoms with E-state index in [9.17, 15) is 14.7 Å². The maximum atomic E-state index is 12.2. The molecule has 3 N–H and O–H groups in total. The van der Waals surface area contributed by atoms with Gasteiger partial charge in [0.25, 0.3) is 0 Å². The minimum Gasteiger partial charge on any atom is -0.480 e. The van der Waals surface area contributed by atoms with E-state index in [4.69, 9.17) is 4.52 Å². The first-order valence-corrected chi connectivity index (χ1v) is 9.50. The number of aliphatic carboxylic acids is 1. The van der Waals surface area contributed by atoms with Crippen LogP contribution in [-0.4, -0.2) is 38.1 Å². The van der Waals surface area contributed by atoms with Crippen LogP contribution in [0.25, 0.3) is 10.9 Å². The number of carboxylic acid groups (broad SMARTS) is 1. The lowest BCUT2D eigenvalue weighted by molar-refractivity contribution is -0.141. The molecule has 3 aromatic rings. The molecule has 28 heavy (non-hydrogen) atoms. The summed E-state index contributed by atoms with van der Waals surface area (Å²) in [6.07, 6.45) is 5.46. The van der Waals surface area contributed by atoms with Crippen LogP contribution in [0.3, 0.4) is 0 Å². The fourth-order valence-electron chi connectivity index (χ4n) is 3.26. The van der Waals surface area contributed by atoms with Crippen LogP contribution in [0.1, 0.15) is 48.9 Å². The number of carboxylic acids is 1. The number of aryl methyl sites for hydroxylation is 1. The van der Waals surface area contributed by atoms with Gasteiger partial charge in [0.2, 0.25) is 11.8 Å². The molecule has 8 heteroatoms. The van der Waals surface area contributed by atoms with E-state index >= 15 is 0 Å². The van der Waals surface area contributed by atoms with Gasteiger partial charge in [0.05, 0.1) is 0 Å². The topological polar surface area (TPSA) is 121 Å². The second kappa shape index (κ2) is 7.84. The number of nitrogens with one attached hydrogen (secondary N) is 2. The summed E-state index contributed by atoms with van der Waals surface area (Å²) < 4.78 is 5.19. The molecule has 2 heterocycles. The van der Waals surface area contributed by atoms with Crippen LogP contribution in [0, 0.1) is 0 Å². The predicted octanol–water partition coefficient (Wildman–Crippen LogP) is 2.56. The summed E-state index contributed by atoms with van der Waals surface area (Å²) in [5, 5.41) is 17.0. The quantitative estimate of drug-likeness (QED) is 0.523. The van der Waals surface area contributed by atoms with Crippen molar-refractivity contribution < 1.29 is 19.2 Å². The first kappa shape index (κ1) is 18.2. The molecule has 1 aliphatic carbocycles. The maximum Gasteiger partial charge on any atom is 0.326 e. The number of carbonyl (C=O) groups excluding carboxylic acids is 1. The van der Waals surface area contributed by atoms with Gasteiger partial charge in [0.15, 0.2) is 5.82 Å². The number of H-pyrrole nitrogens is 1. The van der Waals surface area contributed by atoms with Gasteiger partial charge in [-0.15, -0.1) is 0 Å². The normalized spacial score (nSPS) is 14.9. The van der Waals surface area contributed by atoms with Gasteiger partial charge in [0, 0.05) is 42.3 Å². The van der Waals surface area contributed by atoms with Crippen molar-refractivity contribution in [2.75, 3.05) is 0 Å². The van der Waals surface area contributed by atoms with Gasteiger partial charge in [-0.2, -0.15) is 4.98 Å². The Bertz CT molecular complexity index is 989. The predicted molar refractivity (Wildman–Crippen MR) is 101 cm³/mol. The number of hydrogen-bond donors (Lipinski definition) is 3.